The maximum absolute atomic E-state index is 14.1. The normalized spacial score (nSPS) is 26.1. The zero-order chi connectivity index (χ0) is 12.5. The Balaban J connectivity index is 2.55. The van der Waals surface area contributed by atoms with Crippen LogP contribution in [0.15, 0.2) is 24.3 Å². The molecule has 88 valence electrons. The van der Waals surface area contributed by atoms with Crippen LogP contribution >= 0.6 is 0 Å². The molecule has 0 bridgehead atoms. The van der Waals surface area contributed by atoms with Crippen molar-refractivity contribution in [1.82, 2.24) is 0 Å². The molecule has 0 fully saturated rings. The molecule has 1 unspecified atom stereocenters. The van der Waals surface area contributed by atoms with Crippen molar-refractivity contribution in [3.8, 4) is 0 Å². The van der Waals surface area contributed by atoms with Crippen molar-refractivity contribution in [1.29, 1.82) is 0 Å². The Kier molecular flexibility index (Phi) is 2.84. The summed E-state index contributed by atoms with van der Waals surface area (Å²) < 4.78 is 18.9. The largest absolute Gasteiger partial charge is 0.460 e. The lowest BCUT2D eigenvalue weighted by molar-refractivity contribution is -0.150. The quantitative estimate of drug-likeness (QED) is 0.579. The van der Waals surface area contributed by atoms with Gasteiger partial charge in [0.1, 0.15) is 0 Å². The molecular weight excluding hydrogens is 221 g/mol. The summed E-state index contributed by atoms with van der Waals surface area (Å²) in [6, 6.07) is 6.85. The maximum atomic E-state index is 14.1. The maximum Gasteiger partial charge on any atom is 0.401 e. The summed E-state index contributed by atoms with van der Waals surface area (Å²) in [7, 11) is 0. The molecule has 0 saturated carbocycles. The highest BCUT2D eigenvalue weighted by Crippen LogP contribution is 2.43. The van der Waals surface area contributed by atoms with E-state index < -0.39 is 17.7 Å². The van der Waals surface area contributed by atoms with Gasteiger partial charge in [-0.05, 0) is 18.6 Å². The molecule has 1 aliphatic rings. The Bertz CT molecular complexity index is 494. The summed E-state index contributed by atoms with van der Waals surface area (Å²) in [5.41, 5.74) is -0.642. The Labute approximate surface area is 99.0 Å². The number of benzene rings is 1. The zero-order valence-corrected chi connectivity index (χ0v) is 9.44. The summed E-state index contributed by atoms with van der Waals surface area (Å²) >= 11 is 0. The molecule has 1 aromatic rings. The lowest BCUT2D eigenvalue weighted by Gasteiger charge is -2.17. The van der Waals surface area contributed by atoms with E-state index in [1.54, 1.807) is 31.2 Å². The number of esters is 1. The van der Waals surface area contributed by atoms with Crippen molar-refractivity contribution in [3.05, 3.63) is 46.8 Å². The summed E-state index contributed by atoms with van der Waals surface area (Å²) in [6.07, 6.45) is -1.44. The fraction of sp³-hybridized carbons (Fsp3) is 0.385. The highest BCUT2D eigenvalue weighted by Gasteiger charge is 2.62. The Morgan fingerprint density at radius 2 is 2.35 bits per heavy atom. The van der Waals surface area contributed by atoms with Gasteiger partial charge in [0.2, 0.25) is 0 Å². The van der Waals surface area contributed by atoms with Crippen molar-refractivity contribution in [2.45, 2.75) is 25.1 Å². The molecule has 0 aliphatic heterocycles. The molecule has 0 spiro atoms. The highest BCUT2D eigenvalue weighted by molar-refractivity contribution is 5.87. The minimum Gasteiger partial charge on any atom is -0.460 e. The number of carbonyl (C=O) groups is 1. The van der Waals surface area contributed by atoms with Gasteiger partial charge in [0.05, 0.1) is 12.2 Å². The van der Waals surface area contributed by atoms with Crippen LogP contribution in [0.3, 0.4) is 0 Å². The van der Waals surface area contributed by atoms with Gasteiger partial charge in [0, 0.05) is 6.42 Å². The van der Waals surface area contributed by atoms with Crippen LogP contribution in [0.4, 0.5) is 4.39 Å². The van der Waals surface area contributed by atoms with Crippen LogP contribution in [0.1, 0.15) is 18.1 Å². The molecule has 0 saturated heterocycles. The zero-order valence-electron chi connectivity index (χ0n) is 9.44. The number of carbonyl (C=O) groups excluding carboxylic acids is 1. The number of rotatable bonds is 2. The first kappa shape index (κ1) is 11.6. The van der Waals surface area contributed by atoms with Crippen molar-refractivity contribution >= 4 is 5.97 Å². The fourth-order valence-corrected chi connectivity index (χ4v) is 2.23. The van der Waals surface area contributed by atoms with Crippen LogP contribution in [0.2, 0.25) is 0 Å². The molecule has 0 heterocycles. The second-order valence-corrected chi connectivity index (χ2v) is 3.93. The van der Waals surface area contributed by atoms with E-state index in [-0.39, 0.29) is 13.0 Å². The molecule has 17 heavy (non-hydrogen) atoms. The van der Waals surface area contributed by atoms with Crippen molar-refractivity contribution < 1.29 is 13.9 Å². The van der Waals surface area contributed by atoms with Crippen LogP contribution in [0, 0.1) is 6.57 Å². The molecule has 0 aromatic heterocycles. The molecule has 3 nitrogen and oxygen atoms in total. The predicted octanol–water partition coefficient (Wildman–Crippen LogP) is 2.26. The second kappa shape index (κ2) is 4.17. The lowest BCUT2D eigenvalue weighted by Crippen LogP contribution is -2.40. The molecule has 0 radical (unpaired) electrons. The minimum absolute atomic E-state index is 0.0946. The first-order valence-electron chi connectivity index (χ1n) is 5.45. The SMILES string of the molecule is [C-]#[N+]C1(C(=O)OCC)c2ccccc2C[C@@H]1F. The summed E-state index contributed by atoms with van der Waals surface area (Å²) in [5.74, 6) is -0.785. The van der Waals surface area contributed by atoms with E-state index in [1.165, 1.54) is 0 Å². The van der Waals surface area contributed by atoms with E-state index in [0.717, 1.165) is 0 Å². The number of hydrogen-bond acceptors (Lipinski definition) is 2. The van der Waals surface area contributed by atoms with Crippen LogP contribution in [-0.2, 0) is 21.5 Å². The first-order valence-corrected chi connectivity index (χ1v) is 5.45. The van der Waals surface area contributed by atoms with Gasteiger partial charge in [-0.15, -0.1) is 0 Å². The minimum atomic E-state index is -1.80. The van der Waals surface area contributed by atoms with Gasteiger partial charge in [0.25, 0.3) is 0 Å². The van der Waals surface area contributed by atoms with Crippen LogP contribution in [0.25, 0.3) is 4.85 Å². The van der Waals surface area contributed by atoms with E-state index in [0.29, 0.717) is 11.1 Å². The number of hydrogen-bond donors (Lipinski definition) is 0. The molecule has 1 aromatic carbocycles. The lowest BCUT2D eigenvalue weighted by atomic mass is 9.91. The smallest absolute Gasteiger partial charge is 0.401 e. The Hall–Kier alpha value is -1.89. The summed E-state index contributed by atoms with van der Waals surface area (Å²) in [5, 5.41) is 0. The van der Waals surface area contributed by atoms with E-state index in [2.05, 4.69) is 4.85 Å². The van der Waals surface area contributed by atoms with Gasteiger partial charge in [0.15, 0.2) is 6.17 Å². The standard InChI is InChI=1S/C13H12FNO2/c1-3-17-12(16)13(15-2)10-7-5-4-6-9(10)8-11(13)14/h4-7,11H,3,8H2,1H3/t11-,13?/m0/s1. The van der Waals surface area contributed by atoms with Crippen LogP contribution in [0.5, 0.6) is 0 Å². The van der Waals surface area contributed by atoms with E-state index in [9.17, 15) is 9.18 Å². The number of fused-ring (bicyclic) bond motifs is 1. The topological polar surface area (TPSA) is 30.7 Å². The second-order valence-electron chi connectivity index (χ2n) is 3.93. The number of nitrogens with zero attached hydrogens (tertiary/aromatic N) is 1. The predicted molar refractivity (Wildman–Crippen MR) is 60.0 cm³/mol. The first-order chi connectivity index (χ1) is 8.16. The van der Waals surface area contributed by atoms with Crippen molar-refractivity contribution in [2.24, 2.45) is 0 Å². The average molecular weight is 233 g/mol. The van der Waals surface area contributed by atoms with Gasteiger partial charge in [-0.1, -0.05) is 18.2 Å². The fourth-order valence-electron chi connectivity index (χ4n) is 2.23. The molecular formula is C13H12FNO2. The van der Waals surface area contributed by atoms with Crippen LogP contribution in [-0.4, -0.2) is 18.7 Å². The Morgan fingerprint density at radius 3 is 3.00 bits per heavy atom. The molecule has 0 amide bonds. The average Bonchev–Trinajstić information content (AvgIpc) is 2.62. The third-order valence-electron chi connectivity index (χ3n) is 3.04. The Morgan fingerprint density at radius 1 is 1.65 bits per heavy atom. The van der Waals surface area contributed by atoms with Gasteiger partial charge in [-0.3, -0.25) is 4.85 Å². The van der Waals surface area contributed by atoms with Crippen molar-refractivity contribution in [3.63, 3.8) is 0 Å². The van der Waals surface area contributed by atoms with Gasteiger partial charge >= 0.3 is 11.5 Å². The van der Waals surface area contributed by atoms with E-state index >= 15 is 0 Å². The third-order valence-corrected chi connectivity index (χ3v) is 3.04. The molecule has 2 atom stereocenters. The number of halogens is 1. The van der Waals surface area contributed by atoms with Gasteiger partial charge in [-0.2, -0.15) is 0 Å². The number of alkyl halides is 1. The van der Waals surface area contributed by atoms with Gasteiger partial charge < -0.3 is 4.74 Å². The van der Waals surface area contributed by atoms with E-state index in [4.69, 9.17) is 11.3 Å². The van der Waals surface area contributed by atoms with Crippen LogP contribution < -0.4 is 0 Å². The van der Waals surface area contributed by atoms with E-state index in [1.807, 2.05) is 0 Å². The summed E-state index contributed by atoms with van der Waals surface area (Å²) in [4.78, 5) is 15.2. The van der Waals surface area contributed by atoms with Crippen molar-refractivity contribution in [2.75, 3.05) is 6.61 Å². The molecule has 1 aliphatic carbocycles. The monoisotopic (exact) mass is 233 g/mol. The number of ether oxygens (including phenoxy) is 1. The van der Waals surface area contributed by atoms with Gasteiger partial charge in [-0.25, -0.2) is 15.8 Å². The molecule has 4 heteroatoms. The molecule has 2 rings (SSSR count). The molecule has 0 N–H and O–H groups in total. The summed E-state index contributed by atoms with van der Waals surface area (Å²) in [6.45, 7) is 8.99. The third kappa shape index (κ3) is 1.50. The highest BCUT2D eigenvalue weighted by atomic mass is 19.1.